The number of nitrogens with two attached hydrogens (primary N) is 4. The molecule has 0 fully saturated rings. The highest BCUT2D eigenvalue weighted by molar-refractivity contribution is 8.93. The normalized spacial score (nSPS) is 11.9. The summed E-state index contributed by atoms with van der Waals surface area (Å²) in [5, 5.41) is 9.13. The molecular formula is C16H24BrN7O3S. The van der Waals surface area contributed by atoms with Gasteiger partial charge in [-0.2, -0.15) is 8.42 Å². The van der Waals surface area contributed by atoms with Crippen molar-refractivity contribution in [2.75, 3.05) is 16.6 Å². The van der Waals surface area contributed by atoms with Crippen LogP contribution in [0.3, 0.4) is 0 Å². The minimum absolute atomic E-state index is 0. The molecule has 28 heavy (non-hydrogen) atoms. The summed E-state index contributed by atoms with van der Waals surface area (Å²) < 4.78 is 24.8. The SMILES string of the molecule is Br.NC(N)=NCCC[C@H](N)C(=O)Nc1ccc2c(NS(N)(=O)=O)cccc2c1. The monoisotopic (exact) mass is 473 g/mol. The van der Waals surface area contributed by atoms with Crippen LogP contribution < -0.4 is 32.4 Å². The Morgan fingerprint density at radius 2 is 1.89 bits per heavy atom. The molecule has 12 heteroatoms. The zero-order chi connectivity index (χ0) is 20.0. The number of carbonyl (C=O) groups is 1. The Kier molecular flexibility index (Phi) is 8.63. The Labute approximate surface area is 173 Å². The van der Waals surface area contributed by atoms with E-state index in [4.69, 9.17) is 22.3 Å². The fourth-order valence-electron chi connectivity index (χ4n) is 2.49. The van der Waals surface area contributed by atoms with Gasteiger partial charge in [-0.25, -0.2) is 5.14 Å². The first-order valence-electron chi connectivity index (χ1n) is 8.11. The van der Waals surface area contributed by atoms with Crippen molar-refractivity contribution in [2.24, 2.45) is 27.3 Å². The molecule has 2 rings (SSSR count). The Bertz CT molecular complexity index is 962. The average molecular weight is 474 g/mol. The Morgan fingerprint density at radius 1 is 1.18 bits per heavy atom. The predicted octanol–water partition coefficient (Wildman–Crippen LogP) is 0.353. The highest BCUT2D eigenvalue weighted by atomic mass is 79.9. The molecule has 0 aliphatic heterocycles. The summed E-state index contributed by atoms with van der Waals surface area (Å²) in [6.45, 7) is 0.402. The van der Waals surface area contributed by atoms with Crippen molar-refractivity contribution in [3.8, 4) is 0 Å². The molecular weight excluding hydrogens is 450 g/mol. The van der Waals surface area contributed by atoms with E-state index in [1.54, 1.807) is 36.4 Å². The molecule has 1 amide bonds. The van der Waals surface area contributed by atoms with Gasteiger partial charge in [0.2, 0.25) is 5.91 Å². The third kappa shape index (κ3) is 7.31. The van der Waals surface area contributed by atoms with E-state index in [1.165, 1.54) is 0 Å². The van der Waals surface area contributed by atoms with E-state index in [-0.39, 0.29) is 28.8 Å². The number of nitrogens with one attached hydrogen (secondary N) is 2. The number of fused-ring (bicyclic) bond motifs is 1. The molecule has 0 aromatic heterocycles. The minimum Gasteiger partial charge on any atom is -0.370 e. The first-order valence-corrected chi connectivity index (χ1v) is 9.65. The lowest BCUT2D eigenvalue weighted by Gasteiger charge is -2.13. The molecule has 2 aromatic carbocycles. The van der Waals surface area contributed by atoms with Gasteiger partial charge in [0.15, 0.2) is 5.96 Å². The van der Waals surface area contributed by atoms with Crippen molar-refractivity contribution in [1.29, 1.82) is 0 Å². The highest BCUT2D eigenvalue weighted by Crippen LogP contribution is 2.26. The smallest absolute Gasteiger partial charge is 0.296 e. The number of rotatable bonds is 8. The second kappa shape index (κ2) is 10.2. The third-order valence-corrected chi connectivity index (χ3v) is 4.21. The fraction of sp³-hybridized carbons (Fsp3) is 0.250. The molecule has 154 valence electrons. The van der Waals surface area contributed by atoms with Crippen LogP contribution in [0.4, 0.5) is 11.4 Å². The number of nitrogens with zero attached hydrogens (tertiary/aromatic N) is 1. The number of carbonyl (C=O) groups excluding carboxylic acids is 1. The van der Waals surface area contributed by atoms with Gasteiger partial charge in [0.1, 0.15) is 0 Å². The number of halogens is 1. The molecule has 0 heterocycles. The third-order valence-electron chi connectivity index (χ3n) is 3.70. The summed E-state index contributed by atoms with van der Waals surface area (Å²) in [5.74, 6) is -0.335. The summed E-state index contributed by atoms with van der Waals surface area (Å²) in [6.07, 6.45) is 1.01. The quantitative estimate of drug-likeness (QED) is 0.182. The molecule has 0 aliphatic rings. The number of hydrogen-bond acceptors (Lipinski definition) is 5. The van der Waals surface area contributed by atoms with Crippen LogP contribution in [0, 0.1) is 0 Å². The number of amides is 1. The van der Waals surface area contributed by atoms with Crippen molar-refractivity contribution in [2.45, 2.75) is 18.9 Å². The van der Waals surface area contributed by atoms with Crippen molar-refractivity contribution in [3.63, 3.8) is 0 Å². The van der Waals surface area contributed by atoms with Crippen LogP contribution in [0.15, 0.2) is 41.4 Å². The molecule has 10 nitrogen and oxygen atoms in total. The van der Waals surface area contributed by atoms with E-state index >= 15 is 0 Å². The van der Waals surface area contributed by atoms with Crippen LogP contribution >= 0.6 is 17.0 Å². The van der Waals surface area contributed by atoms with Crippen molar-refractivity contribution < 1.29 is 13.2 Å². The molecule has 10 N–H and O–H groups in total. The van der Waals surface area contributed by atoms with E-state index < -0.39 is 16.3 Å². The minimum atomic E-state index is -3.89. The van der Waals surface area contributed by atoms with Gasteiger partial charge in [0, 0.05) is 17.6 Å². The first kappa shape index (κ1) is 23.6. The second-order valence-electron chi connectivity index (χ2n) is 5.93. The predicted molar refractivity (Wildman–Crippen MR) is 118 cm³/mol. The van der Waals surface area contributed by atoms with Crippen molar-refractivity contribution in [1.82, 2.24) is 0 Å². The zero-order valence-electron chi connectivity index (χ0n) is 15.0. The van der Waals surface area contributed by atoms with Gasteiger partial charge < -0.3 is 22.5 Å². The molecule has 0 aliphatic carbocycles. The van der Waals surface area contributed by atoms with Crippen molar-refractivity contribution >= 4 is 61.2 Å². The van der Waals surface area contributed by atoms with Gasteiger partial charge in [0.25, 0.3) is 10.2 Å². The zero-order valence-corrected chi connectivity index (χ0v) is 17.5. The molecule has 0 bridgehead atoms. The largest absolute Gasteiger partial charge is 0.370 e. The van der Waals surface area contributed by atoms with Gasteiger partial charge in [-0.3, -0.25) is 14.5 Å². The lowest BCUT2D eigenvalue weighted by Crippen LogP contribution is -2.35. The van der Waals surface area contributed by atoms with E-state index in [2.05, 4.69) is 15.0 Å². The van der Waals surface area contributed by atoms with Gasteiger partial charge in [-0.1, -0.05) is 18.2 Å². The number of benzene rings is 2. The molecule has 2 aromatic rings. The Balaban J connectivity index is 0.00000392. The van der Waals surface area contributed by atoms with Crippen LogP contribution in [0.1, 0.15) is 12.8 Å². The number of anilines is 2. The van der Waals surface area contributed by atoms with Crippen LogP contribution in [-0.4, -0.2) is 32.9 Å². The maximum atomic E-state index is 12.2. The molecule has 1 atom stereocenters. The van der Waals surface area contributed by atoms with Crippen LogP contribution in [0.25, 0.3) is 10.8 Å². The summed E-state index contributed by atoms with van der Waals surface area (Å²) in [5.41, 5.74) is 17.2. The van der Waals surface area contributed by atoms with Crippen molar-refractivity contribution in [3.05, 3.63) is 36.4 Å². The standard InChI is InChI=1S/C16H23N7O3S.BrH/c17-13(4-2-8-21-16(18)19)15(24)22-11-6-7-12-10(9-11)3-1-5-14(12)23-27(20,25)26;/h1,3,5-7,9,13,23H,2,4,8,17H2,(H,22,24)(H4,18,19,21)(H2,20,25,26);1H/t13-;/m0./s1. The Hall–Kier alpha value is -2.41. The molecule has 0 saturated heterocycles. The van der Waals surface area contributed by atoms with E-state index in [0.29, 0.717) is 36.1 Å². The Morgan fingerprint density at radius 3 is 2.54 bits per heavy atom. The maximum Gasteiger partial charge on any atom is 0.296 e. The first-order chi connectivity index (χ1) is 12.7. The molecule has 0 radical (unpaired) electrons. The lowest BCUT2D eigenvalue weighted by molar-refractivity contribution is -0.117. The number of aliphatic imine (C=N–C) groups is 1. The van der Waals surface area contributed by atoms with E-state index in [0.717, 1.165) is 5.39 Å². The van der Waals surface area contributed by atoms with Crippen LogP contribution in [0.2, 0.25) is 0 Å². The van der Waals surface area contributed by atoms with Gasteiger partial charge in [0.05, 0.1) is 11.7 Å². The number of guanidine groups is 1. The lowest BCUT2D eigenvalue weighted by atomic mass is 10.1. The van der Waals surface area contributed by atoms with Gasteiger partial charge in [-0.05, 0) is 36.4 Å². The number of hydrogen-bond donors (Lipinski definition) is 6. The fourth-order valence-corrected chi connectivity index (χ4v) is 2.97. The van der Waals surface area contributed by atoms with E-state index in [9.17, 15) is 13.2 Å². The van der Waals surface area contributed by atoms with Crippen LogP contribution in [0.5, 0.6) is 0 Å². The summed E-state index contributed by atoms with van der Waals surface area (Å²) in [4.78, 5) is 16.0. The van der Waals surface area contributed by atoms with E-state index in [1.807, 2.05) is 0 Å². The molecule has 0 spiro atoms. The van der Waals surface area contributed by atoms with Gasteiger partial charge in [-0.15, -0.1) is 17.0 Å². The summed E-state index contributed by atoms with van der Waals surface area (Å²) >= 11 is 0. The summed E-state index contributed by atoms with van der Waals surface area (Å²) in [7, 11) is -3.89. The summed E-state index contributed by atoms with van der Waals surface area (Å²) in [6, 6.07) is 9.41. The second-order valence-corrected chi connectivity index (χ2v) is 7.23. The molecule has 0 saturated carbocycles. The maximum absolute atomic E-state index is 12.2. The highest BCUT2D eigenvalue weighted by Gasteiger charge is 2.14. The van der Waals surface area contributed by atoms with Crippen LogP contribution in [-0.2, 0) is 15.0 Å². The molecule has 0 unspecified atom stereocenters. The topological polar surface area (TPSA) is 192 Å². The average Bonchev–Trinajstić information content (AvgIpc) is 2.57. The van der Waals surface area contributed by atoms with Gasteiger partial charge >= 0.3 is 0 Å².